The van der Waals surface area contributed by atoms with Crippen LogP contribution in [0.1, 0.15) is 39.5 Å². The van der Waals surface area contributed by atoms with E-state index in [-0.39, 0.29) is 0 Å². The van der Waals surface area contributed by atoms with E-state index in [1.807, 2.05) is 0 Å². The van der Waals surface area contributed by atoms with Gasteiger partial charge in [-0.1, -0.05) is 13.8 Å². The van der Waals surface area contributed by atoms with Crippen LogP contribution < -0.4 is 5.32 Å². The normalized spacial score (nSPS) is 33.5. The second-order valence-corrected chi connectivity index (χ2v) is 5.60. The van der Waals surface area contributed by atoms with Gasteiger partial charge in [-0.05, 0) is 51.9 Å². The average Bonchev–Trinajstić information content (AvgIpc) is 2.64. The summed E-state index contributed by atoms with van der Waals surface area (Å²) in [5.74, 6) is 0. The Morgan fingerprint density at radius 3 is 2.76 bits per heavy atom. The standard InChI is InChI=1S/C14H29N3/c1-3-13-11-17(10-6-8-15-13)14-7-5-9-16(4-2)12-14/h13-15H,3-12H2,1-2H3. The van der Waals surface area contributed by atoms with Gasteiger partial charge in [0, 0.05) is 25.2 Å². The van der Waals surface area contributed by atoms with Gasteiger partial charge < -0.3 is 10.2 Å². The van der Waals surface area contributed by atoms with E-state index in [2.05, 4.69) is 29.0 Å². The maximum absolute atomic E-state index is 3.67. The number of nitrogens with zero attached hydrogens (tertiary/aromatic N) is 2. The van der Waals surface area contributed by atoms with Crippen LogP contribution in [0.2, 0.25) is 0 Å². The van der Waals surface area contributed by atoms with Gasteiger partial charge in [0.15, 0.2) is 0 Å². The molecule has 0 bridgehead atoms. The lowest BCUT2D eigenvalue weighted by Crippen LogP contribution is -2.50. The summed E-state index contributed by atoms with van der Waals surface area (Å²) in [6.07, 6.45) is 5.38. The van der Waals surface area contributed by atoms with Gasteiger partial charge in [0.05, 0.1) is 0 Å². The van der Waals surface area contributed by atoms with E-state index in [4.69, 9.17) is 0 Å². The Morgan fingerprint density at radius 2 is 2.00 bits per heavy atom. The molecule has 0 aromatic rings. The van der Waals surface area contributed by atoms with Crippen molar-refractivity contribution in [3.63, 3.8) is 0 Å². The topological polar surface area (TPSA) is 18.5 Å². The third kappa shape index (κ3) is 3.67. The van der Waals surface area contributed by atoms with Crippen LogP contribution in [0.25, 0.3) is 0 Å². The quantitative estimate of drug-likeness (QED) is 0.806. The van der Waals surface area contributed by atoms with Crippen LogP contribution in [0.4, 0.5) is 0 Å². The first-order valence-electron chi connectivity index (χ1n) is 7.53. The maximum atomic E-state index is 3.67. The predicted molar refractivity (Wildman–Crippen MR) is 73.4 cm³/mol. The van der Waals surface area contributed by atoms with E-state index in [0.29, 0.717) is 0 Å². The van der Waals surface area contributed by atoms with Gasteiger partial charge in [-0.2, -0.15) is 0 Å². The van der Waals surface area contributed by atoms with Crippen molar-refractivity contribution in [1.82, 2.24) is 15.1 Å². The van der Waals surface area contributed by atoms with Crippen LogP contribution >= 0.6 is 0 Å². The predicted octanol–water partition coefficient (Wildman–Crippen LogP) is 1.54. The van der Waals surface area contributed by atoms with Crippen molar-refractivity contribution in [2.45, 2.75) is 51.6 Å². The molecule has 3 heteroatoms. The van der Waals surface area contributed by atoms with E-state index in [9.17, 15) is 0 Å². The Kier molecular flexibility index (Phi) is 5.26. The number of hydrogen-bond donors (Lipinski definition) is 1. The van der Waals surface area contributed by atoms with Crippen molar-refractivity contribution in [2.24, 2.45) is 0 Å². The van der Waals surface area contributed by atoms with Gasteiger partial charge >= 0.3 is 0 Å². The molecule has 3 nitrogen and oxygen atoms in total. The van der Waals surface area contributed by atoms with Crippen LogP contribution in [0, 0.1) is 0 Å². The van der Waals surface area contributed by atoms with Crippen molar-refractivity contribution >= 4 is 0 Å². The molecule has 0 aliphatic carbocycles. The number of rotatable bonds is 3. The smallest absolute Gasteiger partial charge is 0.0224 e. The number of nitrogens with one attached hydrogen (secondary N) is 1. The molecule has 0 saturated carbocycles. The molecule has 2 aliphatic rings. The molecule has 2 fully saturated rings. The molecule has 2 rings (SSSR count). The summed E-state index contributed by atoms with van der Waals surface area (Å²) in [4.78, 5) is 5.38. The summed E-state index contributed by atoms with van der Waals surface area (Å²) in [5.41, 5.74) is 0. The fraction of sp³-hybridized carbons (Fsp3) is 1.00. The van der Waals surface area contributed by atoms with E-state index in [1.165, 1.54) is 65.0 Å². The number of likely N-dealkylation sites (N-methyl/N-ethyl adjacent to an activating group) is 1. The molecule has 2 heterocycles. The Hall–Kier alpha value is -0.120. The highest BCUT2D eigenvalue weighted by molar-refractivity contribution is 4.85. The lowest BCUT2D eigenvalue weighted by atomic mass is 10.0. The highest BCUT2D eigenvalue weighted by atomic mass is 15.2. The SMILES string of the molecule is CCC1CN(C2CCCN(CC)C2)CCCN1. The summed E-state index contributed by atoms with van der Waals surface area (Å²) < 4.78 is 0. The number of piperidine rings is 1. The lowest BCUT2D eigenvalue weighted by molar-refractivity contribution is 0.0986. The van der Waals surface area contributed by atoms with E-state index in [0.717, 1.165) is 12.1 Å². The molecule has 2 saturated heterocycles. The highest BCUT2D eigenvalue weighted by Crippen LogP contribution is 2.18. The van der Waals surface area contributed by atoms with E-state index >= 15 is 0 Å². The Labute approximate surface area is 107 Å². The first-order chi connectivity index (χ1) is 8.33. The summed E-state index contributed by atoms with van der Waals surface area (Å²) in [6.45, 7) is 12.2. The highest BCUT2D eigenvalue weighted by Gasteiger charge is 2.27. The van der Waals surface area contributed by atoms with Crippen LogP contribution in [-0.4, -0.2) is 61.2 Å². The zero-order valence-electron chi connectivity index (χ0n) is 11.6. The average molecular weight is 239 g/mol. The summed E-state index contributed by atoms with van der Waals surface area (Å²) in [7, 11) is 0. The zero-order valence-corrected chi connectivity index (χ0v) is 11.6. The Balaban J connectivity index is 1.90. The summed E-state index contributed by atoms with van der Waals surface area (Å²) in [6, 6.07) is 1.53. The minimum absolute atomic E-state index is 0.717. The monoisotopic (exact) mass is 239 g/mol. The van der Waals surface area contributed by atoms with Crippen LogP contribution in [0.15, 0.2) is 0 Å². The fourth-order valence-electron chi connectivity index (χ4n) is 3.25. The van der Waals surface area contributed by atoms with Crippen molar-refractivity contribution in [3.8, 4) is 0 Å². The molecule has 100 valence electrons. The molecule has 17 heavy (non-hydrogen) atoms. The Bertz CT molecular complexity index is 220. The molecule has 1 N–H and O–H groups in total. The van der Waals surface area contributed by atoms with E-state index in [1.54, 1.807) is 0 Å². The third-order valence-electron chi connectivity index (χ3n) is 4.45. The van der Waals surface area contributed by atoms with Crippen LogP contribution in [0.3, 0.4) is 0 Å². The van der Waals surface area contributed by atoms with Crippen molar-refractivity contribution in [2.75, 3.05) is 39.3 Å². The second-order valence-electron chi connectivity index (χ2n) is 5.60. The first kappa shape index (κ1) is 13.3. The molecule has 0 radical (unpaired) electrons. The van der Waals surface area contributed by atoms with Gasteiger partial charge in [0.2, 0.25) is 0 Å². The third-order valence-corrected chi connectivity index (χ3v) is 4.45. The second kappa shape index (κ2) is 6.72. The zero-order chi connectivity index (χ0) is 12.1. The van der Waals surface area contributed by atoms with Gasteiger partial charge in [-0.15, -0.1) is 0 Å². The number of hydrogen-bond acceptors (Lipinski definition) is 3. The minimum Gasteiger partial charge on any atom is -0.313 e. The maximum Gasteiger partial charge on any atom is 0.0224 e. The molecule has 2 unspecified atom stereocenters. The minimum atomic E-state index is 0.717. The van der Waals surface area contributed by atoms with Crippen LogP contribution in [0.5, 0.6) is 0 Å². The lowest BCUT2D eigenvalue weighted by Gasteiger charge is -2.39. The number of likely N-dealkylation sites (tertiary alicyclic amines) is 1. The summed E-state index contributed by atoms with van der Waals surface area (Å²) >= 11 is 0. The fourth-order valence-corrected chi connectivity index (χ4v) is 3.25. The van der Waals surface area contributed by atoms with Gasteiger partial charge in [-0.25, -0.2) is 0 Å². The van der Waals surface area contributed by atoms with Crippen LogP contribution in [-0.2, 0) is 0 Å². The molecule has 0 aromatic heterocycles. The molecular formula is C14H29N3. The van der Waals surface area contributed by atoms with Gasteiger partial charge in [0.1, 0.15) is 0 Å². The van der Waals surface area contributed by atoms with Crippen molar-refractivity contribution < 1.29 is 0 Å². The van der Waals surface area contributed by atoms with Crippen molar-refractivity contribution in [1.29, 1.82) is 0 Å². The molecular weight excluding hydrogens is 210 g/mol. The van der Waals surface area contributed by atoms with Crippen molar-refractivity contribution in [3.05, 3.63) is 0 Å². The molecule has 2 atom stereocenters. The molecule has 2 aliphatic heterocycles. The molecule has 0 spiro atoms. The van der Waals surface area contributed by atoms with Gasteiger partial charge in [0.25, 0.3) is 0 Å². The largest absolute Gasteiger partial charge is 0.313 e. The summed E-state index contributed by atoms with van der Waals surface area (Å²) in [5, 5.41) is 3.67. The van der Waals surface area contributed by atoms with E-state index < -0.39 is 0 Å². The molecule has 0 aromatic carbocycles. The molecule has 0 amide bonds. The first-order valence-corrected chi connectivity index (χ1v) is 7.53. The van der Waals surface area contributed by atoms with Gasteiger partial charge in [-0.3, -0.25) is 4.90 Å². The Morgan fingerprint density at radius 1 is 1.12 bits per heavy atom.